The Morgan fingerprint density at radius 1 is 1.07 bits per heavy atom. The summed E-state index contributed by atoms with van der Waals surface area (Å²) in [5, 5.41) is 0. The monoisotopic (exact) mass is 562 g/mol. The summed E-state index contributed by atoms with van der Waals surface area (Å²) >= 11 is 1.26. The summed E-state index contributed by atoms with van der Waals surface area (Å²) in [5.41, 5.74) is 3.16. The van der Waals surface area contributed by atoms with Gasteiger partial charge in [0.2, 0.25) is 0 Å². The lowest BCUT2D eigenvalue weighted by Crippen LogP contribution is -2.40. The van der Waals surface area contributed by atoms with Gasteiger partial charge in [-0.05, 0) is 53.7 Å². The molecule has 0 radical (unpaired) electrons. The number of thiazole rings is 1. The van der Waals surface area contributed by atoms with Crippen LogP contribution in [0.25, 0.3) is 6.08 Å². The first-order valence-electron chi connectivity index (χ1n) is 13.2. The van der Waals surface area contributed by atoms with Gasteiger partial charge in [0.05, 0.1) is 35.6 Å². The number of aromatic nitrogens is 1. The molecule has 1 atom stereocenters. The minimum atomic E-state index is -0.818. The average molecular weight is 563 g/mol. The Balaban J connectivity index is 1.90. The van der Waals surface area contributed by atoms with Crippen molar-refractivity contribution in [3.05, 3.63) is 90.1 Å². The van der Waals surface area contributed by atoms with E-state index in [-0.39, 0.29) is 29.4 Å². The maximum Gasteiger partial charge on any atom is 0.338 e. The number of allylic oxidation sites excluding steroid dienone is 1. The van der Waals surface area contributed by atoms with E-state index in [0.29, 0.717) is 32.3 Å². The first-order valence-corrected chi connectivity index (χ1v) is 14.0. The molecule has 4 rings (SSSR count). The molecular weight excluding hydrogens is 528 g/mol. The smallest absolute Gasteiger partial charge is 0.338 e. The van der Waals surface area contributed by atoms with E-state index in [9.17, 15) is 14.4 Å². The third-order valence-corrected chi connectivity index (χ3v) is 7.43. The molecule has 1 aromatic heterocycles. The minimum absolute atomic E-state index is 0.134. The summed E-state index contributed by atoms with van der Waals surface area (Å²) < 4.78 is 18.4. The first kappa shape index (κ1) is 29.0. The van der Waals surface area contributed by atoms with Gasteiger partial charge in [0.1, 0.15) is 0 Å². The fourth-order valence-corrected chi connectivity index (χ4v) is 5.49. The number of hydrogen-bond donors (Lipinski definition) is 0. The highest BCUT2D eigenvalue weighted by molar-refractivity contribution is 7.07. The van der Waals surface area contributed by atoms with Crippen LogP contribution in [-0.4, -0.2) is 30.2 Å². The summed E-state index contributed by atoms with van der Waals surface area (Å²) in [6, 6.07) is 12.2. The van der Waals surface area contributed by atoms with Gasteiger partial charge in [-0.1, -0.05) is 69.4 Å². The SMILES string of the molecule is COc1cc(C2C(C(=O)OCC(C)C)=C(C)N=c3s/c(=C\c4ccc(C(C)C)cc4)c(=O)n32)ccc1OC(C)=O. The number of rotatable bonds is 8. The fourth-order valence-electron chi connectivity index (χ4n) is 4.44. The largest absolute Gasteiger partial charge is 0.493 e. The van der Waals surface area contributed by atoms with Crippen LogP contribution in [0.5, 0.6) is 11.5 Å². The van der Waals surface area contributed by atoms with Gasteiger partial charge in [0.15, 0.2) is 16.3 Å². The molecule has 2 heterocycles. The van der Waals surface area contributed by atoms with E-state index in [1.807, 2.05) is 32.1 Å². The number of nitrogens with zero attached hydrogens (tertiary/aromatic N) is 2. The third kappa shape index (κ3) is 6.09. The molecule has 1 aliphatic rings. The van der Waals surface area contributed by atoms with Crippen LogP contribution in [0.4, 0.5) is 0 Å². The maximum atomic E-state index is 13.9. The van der Waals surface area contributed by atoms with Gasteiger partial charge in [-0.3, -0.25) is 14.2 Å². The Morgan fingerprint density at radius 3 is 2.38 bits per heavy atom. The van der Waals surface area contributed by atoms with E-state index < -0.39 is 18.0 Å². The lowest BCUT2D eigenvalue weighted by atomic mass is 9.95. The molecule has 0 fully saturated rings. The zero-order valence-corrected chi connectivity index (χ0v) is 24.6. The van der Waals surface area contributed by atoms with Crippen LogP contribution in [0, 0.1) is 5.92 Å². The number of ether oxygens (including phenoxy) is 3. The normalized spacial score (nSPS) is 15.2. The molecule has 0 bridgehead atoms. The van der Waals surface area contributed by atoms with Crippen LogP contribution in [0.15, 0.2) is 63.5 Å². The number of carbonyl (C=O) groups excluding carboxylic acids is 2. The van der Waals surface area contributed by atoms with Gasteiger partial charge in [0, 0.05) is 6.92 Å². The number of methoxy groups -OCH3 is 1. The highest BCUT2D eigenvalue weighted by atomic mass is 32.1. The molecule has 0 saturated heterocycles. The van der Waals surface area contributed by atoms with Crippen molar-refractivity contribution in [1.29, 1.82) is 0 Å². The Labute approximate surface area is 237 Å². The molecule has 0 spiro atoms. The molecule has 9 heteroatoms. The number of hydrogen-bond acceptors (Lipinski definition) is 8. The van der Waals surface area contributed by atoms with Crippen molar-refractivity contribution in [3.63, 3.8) is 0 Å². The summed E-state index contributed by atoms with van der Waals surface area (Å²) in [6.07, 6.45) is 1.84. The predicted molar refractivity (Wildman–Crippen MR) is 154 cm³/mol. The van der Waals surface area contributed by atoms with Gasteiger partial charge in [-0.25, -0.2) is 9.79 Å². The number of esters is 2. The van der Waals surface area contributed by atoms with Crippen LogP contribution in [-0.2, 0) is 14.3 Å². The molecule has 0 amide bonds. The second kappa shape index (κ2) is 12.0. The summed E-state index contributed by atoms with van der Waals surface area (Å²) in [5.74, 6) is 0.0380. The van der Waals surface area contributed by atoms with E-state index >= 15 is 0 Å². The van der Waals surface area contributed by atoms with Gasteiger partial charge in [-0.15, -0.1) is 0 Å². The third-order valence-electron chi connectivity index (χ3n) is 6.45. The van der Waals surface area contributed by atoms with Crippen LogP contribution in [0.3, 0.4) is 0 Å². The Kier molecular flexibility index (Phi) is 8.73. The van der Waals surface area contributed by atoms with E-state index in [1.54, 1.807) is 25.1 Å². The second-order valence-electron chi connectivity index (χ2n) is 10.4. The summed E-state index contributed by atoms with van der Waals surface area (Å²) in [7, 11) is 1.46. The summed E-state index contributed by atoms with van der Waals surface area (Å²) in [4.78, 5) is 44.0. The average Bonchev–Trinajstić information content (AvgIpc) is 3.20. The van der Waals surface area contributed by atoms with Crippen LogP contribution in [0.1, 0.15) is 70.2 Å². The quantitative estimate of drug-likeness (QED) is 0.297. The molecule has 0 N–H and O–H groups in total. The molecule has 210 valence electrons. The highest BCUT2D eigenvalue weighted by Crippen LogP contribution is 2.36. The van der Waals surface area contributed by atoms with Crippen molar-refractivity contribution >= 4 is 29.4 Å². The van der Waals surface area contributed by atoms with Crippen molar-refractivity contribution in [1.82, 2.24) is 4.57 Å². The van der Waals surface area contributed by atoms with Gasteiger partial charge < -0.3 is 14.2 Å². The van der Waals surface area contributed by atoms with Crippen LogP contribution >= 0.6 is 11.3 Å². The lowest BCUT2D eigenvalue weighted by Gasteiger charge is -2.25. The number of benzene rings is 2. The topological polar surface area (TPSA) is 96.2 Å². The number of carbonyl (C=O) groups is 2. The van der Waals surface area contributed by atoms with E-state index in [0.717, 1.165) is 5.56 Å². The zero-order chi connectivity index (χ0) is 29.1. The van der Waals surface area contributed by atoms with Crippen molar-refractivity contribution in [2.24, 2.45) is 10.9 Å². The molecular formula is C31H34N2O6S. The van der Waals surface area contributed by atoms with E-state index in [1.165, 1.54) is 35.5 Å². The van der Waals surface area contributed by atoms with Crippen molar-refractivity contribution in [2.75, 3.05) is 13.7 Å². The molecule has 0 aliphatic carbocycles. The maximum absolute atomic E-state index is 13.9. The van der Waals surface area contributed by atoms with E-state index in [4.69, 9.17) is 14.2 Å². The van der Waals surface area contributed by atoms with Crippen LogP contribution in [0.2, 0.25) is 0 Å². The number of fused-ring (bicyclic) bond motifs is 1. The first-order chi connectivity index (χ1) is 19.0. The second-order valence-corrected chi connectivity index (χ2v) is 11.4. The van der Waals surface area contributed by atoms with Crippen molar-refractivity contribution < 1.29 is 23.8 Å². The minimum Gasteiger partial charge on any atom is -0.493 e. The molecule has 1 unspecified atom stereocenters. The molecule has 0 saturated carbocycles. The predicted octanol–water partition coefficient (Wildman–Crippen LogP) is 4.49. The Hall–Kier alpha value is -3.98. The molecule has 3 aromatic rings. The lowest BCUT2D eigenvalue weighted by molar-refractivity contribution is -0.140. The summed E-state index contributed by atoms with van der Waals surface area (Å²) in [6.45, 7) is 11.4. The zero-order valence-electron chi connectivity index (χ0n) is 23.8. The molecule has 2 aromatic carbocycles. The van der Waals surface area contributed by atoms with Gasteiger partial charge in [-0.2, -0.15) is 0 Å². The molecule has 40 heavy (non-hydrogen) atoms. The standard InChI is InChI=1S/C31H34N2O6S/c1-17(2)16-38-30(36)27-19(5)32-31-33(28(27)23-12-13-24(39-20(6)34)25(15-23)37-7)29(35)26(40-31)14-21-8-10-22(11-9-21)18(3)4/h8-15,17-18,28H,16H2,1-7H3/b26-14-. The van der Waals surface area contributed by atoms with Gasteiger partial charge >= 0.3 is 11.9 Å². The Morgan fingerprint density at radius 2 is 1.77 bits per heavy atom. The van der Waals surface area contributed by atoms with Crippen molar-refractivity contribution in [2.45, 2.75) is 53.5 Å². The van der Waals surface area contributed by atoms with E-state index in [2.05, 4.69) is 31.0 Å². The molecule has 8 nitrogen and oxygen atoms in total. The van der Waals surface area contributed by atoms with Crippen LogP contribution < -0.4 is 24.4 Å². The van der Waals surface area contributed by atoms with Crippen molar-refractivity contribution in [3.8, 4) is 11.5 Å². The molecule has 1 aliphatic heterocycles. The highest BCUT2D eigenvalue weighted by Gasteiger charge is 2.34. The fraction of sp³-hybridized carbons (Fsp3) is 0.355. The van der Waals surface area contributed by atoms with Gasteiger partial charge in [0.25, 0.3) is 5.56 Å². The Bertz CT molecular complexity index is 1640.